The van der Waals surface area contributed by atoms with Crippen molar-refractivity contribution in [3.8, 4) is 17.1 Å². The maximum atomic E-state index is 14.1. The summed E-state index contributed by atoms with van der Waals surface area (Å²) in [5.74, 6) is -4.03. The molecule has 6 nitrogen and oxygen atoms in total. The highest BCUT2D eigenvalue weighted by Gasteiger charge is 2.23. The van der Waals surface area contributed by atoms with Crippen molar-refractivity contribution in [3.63, 3.8) is 0 Å². The Morgan fingerprint density at radius 1 is 1.14 bits per heavy atom. The number of hydrogen-bond donors (Lipinski definition) is 2. The van der Waals surface area contributed by atoms with Gasteiger partial charge in [-0.25, -0.2) is 13.8 Å². The zero-order valence-corrected chi connectivity index (χ0v) is 15.2. The highest BCUT2D eigenvalue weighted by molar-refractivity contribution is 5.95. The zero-order chi connectivity index (χ0) is 20.4. The van der Waals surface area contributed by atoms with E-state index in [0.717, 1.165) is 27.8 Å². The smallest absolute Gasteiger partial charge is 0.296 e. The van der Waals surface area contributed by atoms with Crippen molar-refractivity contribution < 1.29 is 18.7 Å². The van der Waals surface area contributed by atoms with Crippen LogP contribution in [0.3, 0.4) is 0 Å². The van der Waals surface area contributed by atoms with E-state index in [1.807, 2.05) is 31.2 Å². The summed E-state index contributed by atoms with van der Waals surface area (Å²) in [5.41, 5.74) is -0.309. The molecule has 0 atom stereocenters. The molecule has 8 heteroatoms. The standard InChI is InChI=1S/C20H17F2N3O3/c1-11-6-8-12(9-7-11)10-23-19(27)16-17(26)20(28)25(2)18(24-16)15-13(21)4-3-5-14(15)22/h3-9,26H,10H2,1-2H3,(H,23,27). The average molecular weight is 385 g/mol. The molecule has 0 saturated heterocycles. The van der Waals surface area contributed by atoms with Gasteiger partial charge in [0, 0.05) is 13.6 Å². The number of amides is 1. The predicted octanol–water partition coefficient (Wildman–Crippen LogP) is 2.67. The summed E-state index contributed by atoms with van der Waals surface area (Å²) < 4.78 is 29.0. The molecule has 1 aromatic heterocycles. The first-order valence-electron chi connectivity index (χ1n) is 8.37. The molecule has 0 saturated carbocycles. The van der Waals surface area contributed by atoms with Gasteiger partial charge in [-0.15, -0.1) is 0 Å². The largest absolute Gasteiger partial charge is 0.501 e. The van der Waals surface area contributed by atoms with E-state index in [9.17, 15) is 23.5 Å². The zero-order valence-electron chi connectivity index (χ0n) is 15.2. The number of rotatable bonds is 4. The normalized spacial score (nSPS) is 10.7. The van der Waals surface area contributed by atoms with Gasteiger partial charge in [0.2, 0.25) is 5.75 Å². The number of aromatic hydroxyl groups is 1. The molecule has 3 rings (SSSR count). The van der Waals surface area contributed by atoms with Crippen LogP contribution in [0.25, 0.3) is 11.4 Å². The predicted molar refractivity (Wildman–Crippen MR) is 98.8 cm³/mol. The van der Waals surface area contributed by atoms with Crippen LogP contribution in [-0.4, -0.2) is 20.6 Å². The second kappa shape index (κ2) is 7.59. The Bertz CT molecular complexity index is 1090. The first-order valence-corrected chi connectivity index (χ1v) is 8.37. The summed E-state index contributed by atoms with van der Waals surface area (Å²) >= 11 is 0. The van der Waals surface area contributed by atoms with Crippen molar-refractivity contribution in [3.05, 3.63) is 81.3 Å². The fourth-order valence-electron chi connectivity index (χ4n) is 2.66. The molecular weight excluding hydrogens is 368 g/mol. The number of aromatic nitrogens is 2. The van der Waals surface area contributed by atoms with Gasteiger partial charge >= 0.3 is 0 Å². The third-order valence-electron chi connectivity index (χ3n) is 4.24. The summed E-state index contributed by atoms with van der Waals surface area (Å²) in [6.07, 6.45) is 0. The molecule has 144 valence electrons. The fourth-order valence-corrected chi connectivity index (χ4v) is 2.66. The van der Waals surface area contributed by atoms with Crippen molar-refractivity contribution >= 4 is 5.91 Å². The molecule has 1 heterocycles. The lowest BCUT2D eigenvalue weighted by molar-refractivity contribution is 0.0942. The number of nitrogens with zero attached hydrogens (tertiary/aromatic N) is 2. The van der Waals surface area contributed by atoms with Crippen molar-refractivity contribution in [2.45, 2.75) is 13.5 Å². The second-order valence-electron chi connectivity index (χ2n) is 6.26. The number of nitrogens with one attached hydrogen (secondary N) is 1. The highest BCUT2D eigenvalue weighted by Crippen LogP contribution is 2.25. The molecule has 0 bridgehead atoms. The minimum atomic E-state index is -0.992. The number of aryl methyl sites for hydroxylation is 1. The van der Waals surface area contributed by atoms with E-state index < -0.39 is 45.9 Å². The quantitative estimate of drug-likeness (QED) is 0.723. The number of halogens is 2. The van der Waals surface area contributed by atoms with Gasteiger partial charge in [-0.05, 0) is 24.6 Å². The van der Waals surface area contributed by atoms with Gasteiger partial charge in [-0.3, -0.25) is 14.2 Å². The number of benzene rings is 2. The maximum absolute atomic E-state index is 14.1. The fraction of sp³-hybridized carbons (Fsp3) is 0.150. The van der Waals surface area contributed by atoms with E-state index in [1.54, 1.807) is 0 Å². The summed E-state index contributed by atoms with van der Waals surface area (Å²) in [6, 6.07) is 10.5. The van der Waals surface area contributed by atoms with Crippen LogP contribution >= 0.6 is 0 Å². The summed E-state index contributed by atoms with van der Waals surface area (Å²) in [7, 11) is 1.20. The van der Waals surface area contributed by atoms with Crippen molar-refractivity contribution in [1.29, 1.82) is 0 Å². The highest BCUT2D eigenvalue weighted by atomic mass is 19.1. The topological polar surface area (TPSA) is 84.2 Å². The lowest BCUT2D eigenvalue weighted by Gasteiger charge is -2.13. The van der Waals surface area contributed by atoms with Gasteiger partial charge < -0.3 is 10.4 Å². The summed E-state index contributed by atoms with van der Waals surface area (Å²) in [6.45, 7) is 2.05. The number of carbonyl (C=O) groups is 1. The van der Waals surface area contributed by atoms with E-state index in [1.165, 1.54) is 13.1 Å². The Kier molecular flexibility index (Phi) is 5.21. The third kappa shape index (κ3) is 3.62. The summed E-state index contributed by atoms with van der Waals surface area (Å²) in [4.78, 5) is 28.6. The third-order valence-corrected chi connectivity index (χ3v) is 4.24. The van der Waals surface area contributed by atoms with Crippen LogP contribution in [-0.2, 0) is 13.6 Å². The van der Waals surface area contributed by atoms with Gasteiger partial charge in [-0.1, -0.05) is 35.9 Å². The van der Waals surface area contributed by atoms with Crippen molar-refractivity contribution in [2.75, 3.05) is 0 Å². The van der Waals surface area contributed by atoms with E-state index in [4.69, 9.17) is 0 Å². The molecule has 0 aliphatic rings. The van der Waals surface area contributed by atoms with Gasteiger partial charge in [0.25, 0.3) is 11.5 Å². The number of hydrogen-bond acceptors (Lipinski definition) is 4. The van der Waals surface area contributed by atoms with Crippen LogP contribution < -0.4 is 10.9 Å². The van der Waals surface area contributed by atoms with Crippen LogP contribution in [0.1, 0.15) is 21.6 Å². The van der Waals surface area contributed by atoms with Crippen LogP contribution in [0.5, 0.6) is 5.75 Å². The van der Waals surface area contributed by atoms with Crippen LogP contribution in [0.15, 0.2) is 47.3 Å². The van der Waals surface area contributed by atoms with Crippen molar-refractivity contribution in [2.24, 2.45) is 7.05 Å². The Hall–Kier alpha value is -3.55. The molecule has 1 amide bonds. The molecule has 2 N–H and O–H groups in total. The molecular formula is C20H17F2N3O3. The van der Waals surface area contributed by atoms with Crippen molar-refractivity contribution in [1.82, 2.24) is 14.9 Å². The molecule has 0 aliphatic heterocycles. The summed E-state index contributed by atoms with van der Waals surface area (Å²) in [5, 5.41) is 12.6. The molecule has 0 radical (unpaired) electrons. The van der Waals surface area contributed by atoms with Gasteiger partial charge in [0.15, 0.2) is 5.69 Å². The van der Waals surface area contributed by atoms with Gasteiger partial charge in [0.05, 0.1) is 5.56 Å². The van der Waals surface area contributed by atoms with Gasteiger partial charge in [0.1, 0.15) is 17.5 Å². The molecule has 0 aliphatic carbocycles. The Morgan fingerprint density at radius 3 is 2.36 bits per heavy atom. The lowest BCUT2D eigenvalue weighted by Crippen LogP contribution is -2.29. The first kappa shape index (κ1) is 19.2. The number of carbonyl (C=O) groups excluding carboxylic acids is 1. The maximum Gasteiger partial charge on any atom is 0.296 e. The van der Waals surface area contributed by atoms with E-state index in [-0.39, 0.29) is 6.54 Å². The average Bonchev–Trinajstić information content (AvgIpc) is 2.67. The van der Waals surface area contributed by atoms with Crippen LogP contribution in [0.2, 0.25) is 0 Å². The van der Waals surface area contributed by atoms with Crippen LogP contribution in [0, 0.1) is 18.6 Å². The van der Waals surface area contributed by atoms with E-state index in [0.29, 0.717) is 0 Å². The molecule has 0 spiro atoms. The van der Waals surface area contributed by atoms with E-state index >= 15 is 0 Å². The SMILES string of the molecule is Cc1ccc(CNC(=O)c2nc(-c3c(F)cccc3F)n(C)c(=O)c2O)cc1. The van der Waals surface area contributed by atoms with E-state index in [2.05, 4.69) is 10.3 Å². The van der Waals surface area contributed by atoms with Crippen LogP contribution in [0.4, 0.5) is 8.78 Å². The lowest BCUT2D eigenvalue weighted by atomic mass is 10.1. The first-order chi connectivity index (χ1) is 13.3. The molecule has 2 aromatic carbocycles. The molecule has 0 unspecified atom stereocenters. The molecule has 3 aromatic rings. The Labute approximate surface area is 159 Å². The monoisotopic (exact) mass is 385 g/mol. The Morgan fingerprint density at radius 2 is 1.75 bits per heavy atom. The second-order valence-corrected chi connectivity index (χ2v) is 6.26. The minimum absolute atomic E-state index is 0.124. The minimum Gasteiger partial charge on any atom is -0.501 e. The molecule has 28 heavy (non-hydrogen) atoms. The molecule has 0 fully saturated rings. The Balaban J connectivity index is 1.99. The van der Waals surface area contributed by atoms with Gasteiger partial charge in [-0.2, -0.15) is 0 Å².